The second-order valence-corrected chi connectivity index (χ2v) is 4.95. The summed E-state index contributed by atoms with van der Waals surface area (Å²) in [4.78, 5) is 0. The average molecular weight is 300 g/mol. The van der Waals surface area contributed by atoms with Gasteiger partial charge in [-0.15, -0.1) is 0 Å². The van der Waals surface area contributed by atoms with Gasteiger partial charge >= 0.3 is 0 Å². The van der Waals surface area contributed by atoms with Gasteiger partial charge in [-0.25, -0.2) is 13.2 Å². The Morgan fingerprint density at radius 2 is 1.75 bits per heavy atom. The monoisotopic (exact) mass is 299 g/mol. The zero-order valence-corrected chi connectivity index (χ0v) is 11.5. The molecule has 5 heteroatoms. The first-order valence-corrected chi connectivity index (χ1v) is 6.47. The van der Waals surface area contributed by atoms with E-state index in [0.717, 1.165) is 11.6 Å². The van der Waals surface area contributed by atoms with E-state index < -0.39 is 17.5 Å². The van der Waals surface area contributed by atoms with E-state index in [4.69, 9.17) is 11.6 Å². The van der Waals surface area contributed by atoms with Crippen LogP contribution in [0.15, 0.2) is 36.4 Å². The molecule has 0 fully saturated rings. The van der Waals surface area contributed by atoms with Gasteiger partial charge in [0.15, 0.2) is 11.6 Å². The number of hydrogen-bond donors (Lipinski definition) is 1. The average Bonchev–Trinajstić information content (AvgIpc) is 2.41. The van der Waals surface area contributed by atoms with Crippen molar-refractivity contribution in [2.24, 2.45) is 0 Å². The van der Waals surface area contributed by atoms with Gasteiger partial charge < -0.3 is 5.32 Å². The van der Waals surface area contributed by atoms with E-state index >= 15 is 0 Å². The largest absolute Gasteiger partial charge is 0.306 e. The van der Waals surface area contributed by atoms with Crippen LogP contribution < -0.4 is 5.32 Å². The summed E-state index contributed by atoms with van der Waals surface area (Å²) in [6.45, 7) is 1.97. The molecule has 0 spiro atoms. The van der Waals surface area contributed by atoms with Crippen LogP contribution in [0.4, 0.5) is 13.2 Å². The molecule has 2 aromatic carbocycles. The molecule has 106 valence electrons. The Hall–Kier alpha value is -1.52. The normalized spacial score (nSPS) is 12.4. The fourth-order valence-electron chi connectivity index (χ4n) is 1.86. The summed E-state index contributed by atoms with van der Waals surface area (Å²) in [5.41, 5.74) is 1.01. The van der Waals surface area contributed by atoms with Gasteiger partial charge in [0, 0.05) is 29.2 Å². The molecule has 20 heavy (non-hydrogen) atoms. The van der Waals surface area contributed by atoms with Crippen molar-refractivity contribution in [3.63, 3.8) is 0 Å². The molecule has 0 heterocycles. The summed E-state index contributed by atoms with van der Waals surface area (Å²) >= 11 is 5.89. The molecule has 0 aliphatic carbocycles. The molecule has 0 aliphatic rings. The van der Waals surface area contributed by atoms with E-state index in [1.165, 1.54) is 0 Å². The van der Waals surface area contributed by atoms with E-state index in [9.17, 15) is 13.2 Å². The van der Waals surface area contributed by atoms with Crippen LogP contribution in [0.1, 0.15) is 24.1 Å². The summed E-state index contributed by atoms with van der Waals surface area (Å²) < 4.78 is 39.4. The van der Waals surface area contributed by atoms with Crippen molar-refractivity contribution in [1.29, 1.82) is 0 Å². The predicted octanol–water partition coefficient (Wildman–Crippen LogP) is 4.61. The number of hydrogen-bond acceptors (Lipinski definition) is 1. The molecule has 1 nitrogen and oxygen atoms in total. The number of nitrogens with one attached hydrogen (secondary N) is 1. The van der Waals surface area contributed by atoms with Crippen molar-refractivity contribution in [2.75, 3.05) is 0 Å². The molecule has 2 rings (SSSR count). The Bertz CT molecular complexity index is 616. The number of halogens is 4. The van der Waals surface area contributed by atoms with Crippen molar-refractivity contribution < 1.29 is 13.2 Å². The third kappa shape index (κ3) is 3.52. The molecule has 1 N–H and O–H groups in total. The van der Waals surface area contributed by atoms with Crippen molar-refractivity contribution in [1.82, 2.24) is 5.32 Å². The maximum Gasteiger partial charge on any atom is 0.161 e. The lowest BCUT2D eigenvalue weighted by Crippen LogP contribution is -2.19. The van der Waals surface area contributed by atoms with Crippen molar-refractivity contribution in [3.05, 3.63) is 70.0 Å². The van der Waals surface area contributed by atoms with Gasteiger partial charge in [-0.3, -0.25) is 0 Å². The quantitative estimate of drug-likeness (QED) is 0.813. The predicted molar refractivity (Wildman–Crippen MR) is 73.0 cm³/mol. The minimum atomic E-state index is -1.19. The van der Waals surface area contributed by atoms with Crippen LogP contribution in [-0.2, 0) is 6.54 Å². The molecule has 1 atom stereocenters. The van der Waals surface area contributed by atoms with E-state index in [-0.39, 0.29) is 18.2 Å². The lowest BCUT2D eigenvalue weighted by molar-refractivity contribution is 0.482. The molecular weight excluding hydrogens is 287 g/mol. The van der Waals surface area contributed by atoms with Gasteiger partial charge in [-0.1, -0.05) is 23.7 Å². The lowest BCUT2D eigenvalue weighted by Gasteiger charge is -2.15. The van der Waals surface area contributed by atoms with Crippen LogP contribution in [0, 0.1) is 17.5 Å². The molecule has 0 saturated carbocycles. The summed E-state index contributed by atoms with van der Waals surface area (Å²) in [5, 5.41) is 3.65. The highest BCUT2D eigenvalue weighted by Gasteiger charge is 2.11. The van der Waals surface area contributed by atoms with Crippen molar-refractivity contribution in [2.45, 2.75) is 19.5 Å². The molecule has 0 unspecified atom stereocenters. The summed E-state index contributed by atoms with van der Waals surface area (Å²) in [6.07, 6.45) is 0. The molecule has 0 saturated heterocycles. The Morgan fingerprint density at radius 3 is 2.45 bits per heavy atom. The molecule has 2 aromatic rings. The standard InChI is InChI=1S/C15H13ClF3N/c1-9(10-3-2-4-12(16)5-10)20-8-11-6-14(18)15(19)7-13(11)17/h2-7,9,20H,8H2,1H3/t9-/m0/s1. The second-order valence-electron chi connectivity index (χ2n) is 4.52. The Balaban J connectivity index is 2.07. The van der Waals surface area contributed by atoms with Crippen LogP contribution in [0.5, 0.6) is 0 Å². The molecule has 0 radical (unpaired) electrons. The van der Waals surface area contributed by atoms with E-state index in [2.05, 4.69) is 5.32 Å². The first kappa shape index (κ1) is 14.9. The maximum atomic E-state index is 13.5. The van der Waals surface area contributed by atoms with Gasteiger partial charge in [0.25, 0.3) is 0 Å². The Labute approximate surface area is 120 Å². The van der Waals surface area contributed by atoms with E-state index in [0.29, 0.717) is 11.1 Å². The van der Waals surface area contributed by atoms with Crippen LogP contribution in [0.2, 0.25) is 5.02 Å². The summed E-state index contributed by atoms with van der Waals surface area (Å²) in [5.74, 6) is -3.01. The van der Waals surface area contributed by atoms with Crippen LogP contribution in [0.25, 0.3) is 0 Å². The van der Waals surface area contributed by atoms with Gasteiger partial charge in [-0.2, -0.15) is 0 Å². The fourth-order valence-corrected chi connectivity index (χ4v) is 2.05. The van der Waals surface area contributed by atoms with Crippen molar-refractivity contribution in [3.8, 4) is 0 Å². The smallest absolute Gasteiger partial charge is 0.161 e. The molecule has 0 bridgehead atoms. The van der Waals surface area contributed by atoms with Gasteiger partial charge in [-0.05, 0) is 30.7 Å². The lowest BCUT2D eigenvalue weighted by atomic mass is 10.1. The Morgan fingerprint density at radius 1 is 1.05 bits per heavy atom. The third-order valence-corrected chi connectivity index (χ3v) is 3.27. The van der Waals surface area contributed by atoms with Gasteiger partial charge in [0.1, 0.15) is 5.82 Å². The van der Waals surface area contributed by atoms with Crippen LogP contribution in [-0.4, -0.2) is 0 Å². The Kier molecular flexibility index (Phi) is 4.68. The van der Waals surface area contributed by atoms with Gasteiger partial charge in [0.05, 0.1) is 0 Å². The SMILES string of the molecule is C[C@H](NCc1cc(F)c(F)cc1F)c1cccc(Cl)c1. The molecule has 0 aliphatic heterocycles. The molecular formula is C15H13ClF3N. The zero-order chi connectivity index (χ0) is 14.7. The second kappa shape index (κ2) is 6.29. The van der Waals surface area contributed by atoms with Gasteiger partial charge in [0.2, 0.25) is 0 Å². The zero-order valence-electron chi connectivity index (χ0n) is 10.8. The third-order valence-electron chi connectivity index (χ3n) is 3.04. The molecule has 0 aromatic heterocycles. The number of rotatable bonds is 4. The minimum Gasteiger partial charge on any atom is -0.306 e. The first-order chi connectivity index (χ1) is 9.47. The van der Waals surface area contributed by atoms with E-state index in [1.807, 2.05) is 19.1 Å². The van der Waals surface area contributed by atoms with E-state index in [1.54, 1.807) is 12.1 Å². The minimum absolute atomic E-state index is 0.0813. The summed E-state index contributed by atoms with van der Waals surface area (Å²) in [7, 11) is 0. The number of benzene rings is 2. The van der Waals surface area contributed by atoms with Crippen molar-refractivity contribution >= 4 is 11.6 Å². The highest BCUT2D eigenvalue weighted by molar-refractivity contribution is 6.30. The molecule has 0 amide bonds. The maximum absolute atomic E-state index is 13.5. The van der Waals surface area contributed by atoms with Crippen LogP contribution >= 0.6 is 11.6 Å². The topological polar surface area (TPSA) is 12.0 Å². The fraction of sp³-hybridized carbons (Fsp3) is 0.200. The summed E-state index contributed by atoms with van der Waals surface area (Å²) in [6, 6.07) is 8.56. The highest BCUT2D eigenvalue weighted by atomic mass is 35.5. The first-order valence-electron chi connectivity index (χ1n) is 6.09. The highest BCUT2D eigenvalue weighted by Crippen LogP contribution is 2.19. The van der Waals surface area contributed by atoms with Crippen LogP contribution in [0.3, 0.4) is 0 Å².